The van der Waals surface area contributed by atoms with Crippen LogP contribution in [0.3, 0.4) is 0 Å². The van der Waals surface area contributed by atoms with E-state index in [1.54, 1.807) is 9.58 Å². The lowest BCUT2D eigenvalue weighted by atomic mass is 9.90. The Morgan fingerprint density at radius 3 is 2.25 bits per heavy atom. The molecule has 1 aromatic heterocycles. The van der Waals surface area contributed by atoms with Gasteiger partial charge in [-0.3, -0.25) is 14.3 Å². The number of rotatable bonds is 6. The summed E-state index contributed by atoms with van der Waals surface area (Å²) < 4.78 is 7.41. The largest absolute Gasteiger partial charge is 0.494 e. The van der Waals surface area contributed by atoms with E-state index in [1.807, 2.05) is 50.2 Å². The molecule has 1 atom stereocenters. The third kappa shape index (κ3) is 5.86. The summed E-state index contributed by atoms with van der Waals surface area (Å²) in [6, 6.07) is 20.0. The van der Waals surface area contributed by atoms with E-state index in [0.29, 0.717) is 25.4 Å². The fraction of sp³-hybridized carbons (Fsp3) is 0.433. The van der Waals surface area contributed by atoms with Crippen molar-refractivity contribution in [2.24, 2.45) is 0 Å². The van der Waals surface area contributed by atoms with Gasteiger partial charge in [0.15, 0.2) is 5.78 Å². The van der Waals surface area contributed by atoms with Gasteiger partial charge in [0.25, 0.3) is 5.91 Å². The fourth-order valence-corrected chi connectivity index (χ4v) is 4.18. The van der Waals surface area contributed by atoms with Gasteiger partial charge in [0.05, 0.1) is 25.4 Å². The van der Waals surface area contributed by atoms with Gasteiger partial charge in [-0.2, -0.15) is 5.10 Å². The number of carbonyl (C=O) groups is 2. The second-order valence-corrected chi connectivity index (χ2v) is 10.4. The highest BCUT2D eigenvalue weighted by atomic mass is 16.5. The van der Waals surface area contributed by atoms with Crippen molar-refractivity contribution >= 4 is 11.7 Å². The Morgan fingerprint density at radius 1 is 1.06 bits per heavy atom. The molecule has 36 heavy (non-hydrogen) atoms. The second-order valence-electron chi connectivity index (χ2n) is 10.4. The molecule has 0 N–H and O–H groups in total. The van der Waals surface area contributed by atoms with Crippen LogP contribution in [0.25, 0.3) is 0 Å². The monoisotopic (exact) mass is 489 g/mol. The number of Topliss-reactive ketones (excluding diaryl/α,β-unsaturated/α-hetero) is 1. The van der Waals surface area contributed by atoms with Crippen LogP contribution in [0, 0.1) is 0 Å². The third-order valence-corrected chi connectivity index (χ3v) is 6.68. The highest BCUT2D eigenvalue weighted by molar-refractivity contribution is 5.99. The predicted octanol–water partition coefficient (Wildman–Crippen LogP) is 5.83. The number of hydrogen-bond acceptors (Lipinski definition) is 4. The number of ether oxygens (including phenoxy) is 1. The van der Waals surface area contributed by atoms with Gasteiger partial charge in [-0.1, -0.05) is 76.2 Å². The molecule has 0 saturated carbocycles. The normalized spacial score (nSPS) is 17.2. The first-order valence-electron chi connectivity index (χ1n) is 12.7. The molecule has 0 saturated heterocycles. The maximum atomic E-state index is 13.4. The van der Waals surface area contributed by atoms with Gasteiger partial charge in [-0.25, -0.2) is 0 Å². The van der Waals surface area contributed by atoms with Crippen molar-refractivity contribution in [1.82, 2.24) is 14.7 Å². The standard InChI is InChI=1S/C22H29N3O3.C8H10/c1-7-28-18-11-9-8-10-16(18)13-24-20(27)17-12-19(21(3,4)5)23-25(17)14-22(24,6)15(2)26;1-2-8-6-4-3-5-7-8/h8-12H,7,13-14H2,1-6H3;3-7H,2H2,1H3. The van der Waals surface area contributed by atoms with Gasteiger partial charge in [-0.15, -0.1) is 0 Å². The molecule has 2 aromatic carbocycles. The van der Waals surface area contributed by atoms with Crippen molar-refractivity contribution < 1.29 is 14.3 Å². The lowest BCUT2D eigenvalue weighted by molar-refractivity contribution is -0.128. The maximum absolute atomic E-state index is 13.4. The Labute approximate surface area is 215 Å². The number of benzene rings is 2. The van der Waals surface area contributed by atoms with E-state index in [1.165, 1.54) is 12.5 Å². The third-order valence-electron chi connectivity index (χ3n) is 6.68. The molecule has 0 radical (unpaired) electrons. The zero-order chi connectivity index (χ0) is 26.5. The Morgan fingerprint density at radius 2 is 1.69 bits per heavy atom. The van der Waals surface area contributed by atoms with Crippen LogP contribution in [0.4, 0.5) is 0 Å². The number of amides is 1. The Kier molecular flexibility index (Phi) is 8.39. The second kappa shape index (κ2) is 11.1. The number of para-hydroxylation sites is 1. The van der Waals surface area contributed by atoms with Gasteiger partial charge in [0.1, 0.15) is 17.0 Å². The number of ketones is 1. The zero-order valence-electron chi connectivity index (χ0n) is 22.7. The van der Waals surface area contributed by atoms with Crippen molar-refractivity contribution in [1.29, 1.82) is 0 Å². The lowest BCUT2D eigenvalue weighted by Gasteiger charge is -2.43. The minimum absolute atomic E-state index is 0.0619. The number of aryl methyl sites for hydroxylation is 1. The van der Waals surface area contributed by atoms with Gasteiger partial charge >= 0.3 is 0 Å². The number of hydrogen-bond donors (Lipinski definition) is 0. The van der Waals surface area contributed by atoms with Crippen molar-refractivity contribution in [2.45, 2.75) is 78.9 Å². The molecule has 1 aliphatic rings. The molecule has 1 amide bonds. The molecule has 3 aromatic rings. The minimum Gasteiger partial charge on any atom is -0.494 e. The maximum Gasteiger partial charge on any atom is 0.273 e. The molecule has 0 spiro atoms. The smallest absolute Gasteiger partial charge is 0.273 e. The SMILES string of the molecule is CCOc1ccccc1CN1C(=O)c2cc(C(C)(C)C)nn2CC1(C)C(C)=O.CCc1ccccc1. The molecular weight excluding hydrogens is 450 g/mol. The van der Waals surface area contributed by atoms with E-state index in [4.69, 9.17) is 4.74 Å². The van der Waals surface area contributed by atoms with Gasteiger partial charge in [0, 0.05) is 11.0 Å². The summed E-state index contributed by atoms with van der Waals surface area (Å²) in [6.07, 6.45) is 1.14. The molecule has 192 valence electrons. The number of aromatic nitrogens is 2. The van der Waals surface area contributed by atoms with Crippen molar-refractivity contribution in [2.75, 3.05) is 6.61 Å². The number of nitrogens with zero attached hydrogens (tertiary/aromatic N) is 3. The molecule has 0 fully saturated rings. The average molecular weight is 490 g/mol. The molecule has 1 unspecified atom stereocenters. The number of fused-ring (bicyclic) bond motifs is 1. The van der Waals surface area contributed by atoms with Crippen LogP contribution in [-0.2, 0) is 29.7 Å². The highest BCUT2D eigenvalue weighted by Gasteiger charge is 2.46. The molecule has 0 aliphatic carbocycles. The molecule has 6 nitrogen and oxygen atoms in total. The zero-order valence-corrected chi connectivity index (χ0v) is 22.7. The predicted molar refractivity (Wildman–Crippen MR) is 143 cm³/mol. The Bertz CT molecular complexity index is 1190. The molecule has 0 bridgehead atoms. The van der Waals surface area contributed by atoms with E-state index in [9.17, 15) is 9.59 Å². The highest BCUT2D eigenvalue weighted by Crippen LogP contribution is 2.33. The first-order chi connectivity index (χ1) is 17.0. The van der Waals surface area contributed by atoms with Gasteiger partial charge in [0.2, 0.25) is 0 Å². The van der Waals surface area contributed by atoms with E-state index in [-0.39, 0.29) is 17.1 Å². The molecule has 4 rings (SSSR count). The summed E-state index contributed by atoms with van der Waals surface area (Å²) in [6.45, 7) is 14.8. The first-order valence-corrected chi connectivity index (χ1v) is 12.7. The summed E-state index contributed by atoms with van der Waals surface area (Å²) in [5, 5.41) is 4.63. The minimum atomic E-state index is -0.968. The summed E-state index contributed by atoms with van der Waals surface area (Å²) in [7, 11) is 0. The van der Waals surface area contributed by atoms with Crippen LogP contribution < -0.4 is 4.74 Å². The first kappa shape index (κ1) is 27.2. The van der Waals surface area contributed by atoms with Gasteiger partial charge < -0.3 is 9.64 Å². The summed E-state index contributed by atoms with van der Waals surface area (Å²) in [5.74, 6) is 0.490. The van der Waals surface area contributed by atoms with Crippen molar-refractivity contribution in [3.8, 4) is 5.75 Å². The Balaban J connectivity index is 0.000000383. The molecule has 1 aliphatic heterocycles. The average Bonchev–Trinajstić information content (AvgIpc) is 3.28. The summed E-state index contributed by atoms with van der Waals surface area (Å²) in [4.78, 5) is 27.7. The van der Waals surface area contributed by atoms with Gasteiger partial charge in [-0.05, 0) is 44.9 Å². The van der Waals surface area contributed by atoms with Crippen molar-refractivity contribution in [3.05, 3.63) is 83.2 Å². The van der Waals surface area contributed by atoms with E-state index >= 15 is 0 Å². The van der Waals surface area contributed by atoms with Crippen LogP contribution in [0.15, 0.2) is 60.7 Å². The van der Waals surface area contributed by atoms with E-state index in [2.05, 4.69) is 57.1 Å². The van der Waals surface area contributed by atoms with Crippen LogP contribution in [-0.4, -0.2) is 38.5 Å². The Hall–Kier alpha value is -3.41. The van der Waals surface area contributed by atoms with Crippen LogP contribution in [0.5, 0.6) is 5.75 Å². The molecule has 2 heterocycles. The quantitative estimate of drug-likeness (QED) is 0.437. The molecular formula is C30H39N3O3. The topological polar surface area (TPSA) is 64.4 Å². The van der Waals surface area contributed by atoms with Crippen molar-refractivity contribution in [3.63, 3.8) is 0 Å². The van der Waals surface area contributed by atoms with E-state index in [0.717, 1.165) is 23.4 Å². The van der Waals surface area contributed by atoms with E-state index < -0.39 is 5.54 Å². The fourth-order valence-electron chi connectivity index (χ4n) is 4.18. The summed E-state index contributed by atoms with van der Waals surface area (Å²) >= 11 is 0. The van der Waals surface area contributed by atoms with Crippen LogP contribution in [0.2, 0.25) is 0 Å². The summed E-state index contributed by atoms with van der Waals surface area (Å²) in [5.41, 5.74) is 2.52. The number of carbonyl (C=O) groups excluding carboxylic acids is 2. The molecule has 6 heteroatoms. The van der Waals surface area contributed by atoms with Crippen LogP contribution >= 0.6 is 0 Å². The lowest BCUT2D eigenvalue weighted by Crippen LogP contribution is -2.60. The van der Waals surface area contributed by atoms with Crippen LogP contribution in [0.1, 0.15) is 75.8 Å².